The Bertz CT molecular complexity index is 673. The van der Waals surface area contributed by atoms with Crippen LogP contribution in [0.1, 0.15) is 6.42 Å². The van der Waals surface area contributed by atoms with Gasteiger partial charge in [-0.15, -0.1) is 0 Å². The van der Waals surface area contributed by atoms with Gasteiger partial charge in [0, 0.05) is 19.7 Å². The first-order chi connectivity index (χ1) is 10.0. The second-order valence-electron chi connectivity index (χ2n) is 4.84. The van der Waals surface area contributed by atoms with Crippen LogP contribution in [-0.2, 0) is 14.8 Å². The summed E-state index contributed by atoms with van der Waals surface area (Å²) in [5, 5.41) is 2.48. The first-order valence-electron chi connectivity index (χ1n) is 6.67. The van der Waals surface area contributed by atoms with Crippen LogP contribution in [0.2, 0.25) is 0 Å². The number of hydrogen-bond donors (Lipinski definition) is 1. The molecule has 1 N–H and O–H groups in total. The molecular formula is C13H16N2O5S. The number of sulfonamides is 1. The molecule has 1 fully saturated rings. The molecule has 0 spiro atoms. The van der Waals surface area contributed by atoms with Gasteiger partial charge in [-0.3, -0.25) is 4.79 Å². The third kappa shape index (κ3) is 2.34. The molecule has 114 valence electrons. The zero-order chi connectivity index (χ0) is 15.0. The molecular weight excluding hydrogens is 296 g/mol. The average molecular weight is 312 g/mol. The molecule has 21 heavy (non-hydrogen) atoms. The highest BCUT2D eigenvalue weighted by Gasteiger charge is 2.42. The van der Waals surface area contributed by atoms with Crippen molar-refractivity contribution in [3.8, 4) is 11.5 Å². The second kappa shape index (κ2) is 5.19. The fourth-order valence-electron chi connectivity index (χ4n) is 2.40. The molecule has 0 aromatic heterocycles. The number of likely N-dealkylation sites (N-methyl/N-ethyl adjacent to an activating group) is 1. The van der Waals surface area contributed by atoms with Crippen molar-refractivity contribution in [1.29, 1.82) is 0 Å². The summed E-state index contributed by atoms with van der Waals surface area (Å²) in [6.07, 6.45) is 0.531. The van der Waals surface area contributed by atoms with Gasteiger partial charge in [-0.25, -0.2) is 8.42 Å². The van der Waals surface area contributed by atoms with Gasteiger partial charge in [-0.05, 0) is 18.6 Å². The van der Waals surface area contributed by atoms with E-state index in [1.54, 1.807) is 6.07 Å². The third-order valence-electron chi connectivity index (χ3n) is 3.64. The van der Waals surface area contributed by atoms with Crippen molar-refractivity contribution in [2.75, 3.05) is 26.8 Å². The van der Waals surface area contributed by atoms with Gasteiger partial charge in [-0.2, -0.15) is 4.31 Å². The first kappa shape index (κ1) is 14.2. The van der Waals surface area contributed by atoms with Crippen LogP contribution in [-0.4, -0.2) is 51.5 Å². The highest BCUT2D eigenvalue weighted by atomic mass is 32.2. The SMILES string of the molecule is CNC(=O)C1CCN1S(=O)(=O)c1ccc2c(c1)OCCO2. The number of amides is 1. The number of rotatable bonds is 3. The summed E-state index contributed by atoms with van der Waals surface area (Å²) < 4.78 is 37.1. The largest absolute Gasteiger partial charge is 0.486 e. The van der Waals surface area contributed by atoms with E-state index in [4.69, 9.17) is 9.47 Å². The van der Waals surface area contributed by atoms with Crippen molar-refractivity contribution < 1.29 is 22.7 Å². The number of hydrogen-bond acceptors (Lipinski definition) is 5. The highest BCUT2D eigenvalue weighted by molar-refractivity contribution is 7.89. The zero-order valence-electron chi connectivity index (χ0n) is 11.5. The van der Waals surface area contributed by atoms with Crippen LogP contribution in [0.5, 0.6) is 11.5 Å². The van der Waals surface area contributed by atoms with Gasteiger partial charge in [0.2, 0.25) is 15.9 Å². The Morgan fingerprint density at radius 1 is 1.29 bits per heavy atom. The molecule has 7 nitrogen and oxygen atoms in total. The minimum absolute atomic E-state index is 0.111. The van der Waals surface area contributed by atoms with Gasteiger partial charge in [0.25, 0.3) is 0 Å². The van der Waals surface area contributed by atoms with Crippen LogP contribution < -0.4 is 14.8 Å². The molecule has 0 radical (unpaired) electrons. The van der Waals surface area contributed by atoms with Crippen molar-refractivity contribution in [3.05, 3.63) is 18.2 Å². The summed E-state index contributed by atoms with van der Waals surface area (Å²) in [6, 6.07) is 3.87. The number of nitrogens with zero attached hydrogens (tertiary/aromatic N) is 1. The van der Waals surface area contributed by atoms with Gasteiger partial charge in [0.05, 0.1) is 4.90 Å². The van der Waals surface area contributed by atoms with Gasteiger partial charge >= 0.3 is 0 Å². The Hall–Kier alpha value is -1.80. The molecule has 8 heteroatoms. The quantitative estimate of drug-likeness (QED) is 0.847. The minimum Gasteiger partial charge on any atom is -0.486 e. The normalized spacial score (nSPS) is 21.5. The minimum atomic E-state index is -3.70. The van der Waals surface area contributed by atoms with E-state index < -0.39 is 16.1 Å². The number of benzene rings is 1. The number of nitrogens with one attached hydrogen (secondary N) is 1. The molecule has 0 bridgehead atoms. The number of fused-ring (bicyclic) bond motifs is 1. The number of carbonyl (C=O) groups is 1. The van der Waals surface area contributed by atoms with Crippen LogP contribution in [0.25, 0.3) is 0 Å². The molecule has 1 saturated heterocycles. The van der Waals surface area contributed by atoms with E-state index in [0.29, 0.717) is 37.7 Å². The van der Waals surface area contributed by atoms with Crippen LogP contribution in [0.4, 0.5) is 0 Å². The molecule has 3 rings (SSSR count). The Kier molecular flexibility index (Phi) is 3.50. The Morgan fingerprint density at radius 2 is 2.00 bits per heavy atom. The van der Waals surface area contributed by atoms with E-state index >= 15 is 0 Å². The van der Waals surface area contributed by atoms with Gasteiger partial charge in [0.1, 0.15) is 19.3 Å². The summed E-state index contributed by atoms with van der Waals surface area (Å²) in [6.45, 7) is 1.18. The molecule has 0 aliphatic carbocycles. The van der Waals surface area contributed by atoms with E-state index in [1.165, 1.54) is 23.5 Å². The van der Waals surface area contributed by atoms with Crippen molar-refractivity contribution in [2.24, 2.45) is 0 Å². The first-order valence-corrected chi connectivity index (χ1v) is 8.11. The van der Waals surface area contributed by atoms with E-state index in [0.717, 1.165) is 0 Å². The Labute approximate surface area is 122 Å². The van der Waals surface area contributed by atoms with Crippen molar-refractivity contribution in [1.82, 2.24) is 9.62 Å². The summed E-state index contributed by atoms with van der Waals surface area (Å²) in [7, 11) is -2.21. The highest BCUT2D eigenvalue weighted by Crippen LogP contribution is 2.35. The average Bonchev–Trinajstić information content (AvgIpc) is 2.45. The molecule has 1 unspecified atom stereocenters. The second-order valence-corrected chi connectivity index (χ2v) is 6.73. The molecule has 1 aromatic rings. The molecule has 2 aliphatic rings. The monoisotopic (exact) mass is 312 g/mol. The van der Waals surface area contributed by atoms with E-state index in [-0.39, 0.29) is 10.8 Å². The molecule has 0 saturated carbocycles. The number of carbonyl (C=O) groups excluding carboxylic acids is 1. The predicted octanol–water partition coefficient (Wildman–Crippen LogP) is -0.0332. The fraction of sp³-hybridized carbons (Fsp3) is 0.462. The standard InChI is InChI=1S/C13H16N2O5S/c1-14-13(16)10-4-5-15(10)21(17,18)9-2-3-11-12(8-9)20-7-6-19-11/h2-3,8,10H,4-7H2,1H3,(H,14,16). The maximum Gasteiger partial charge on any atom is 0.243 e. The summed E-state index contributed by atoms with van der Waals surface area (Å²) >= 11 is 0. The molecule has 2 aliphatic heterocycles. The topological polar surface area (TPSA) is 84.9 Å². The maximum absolute atomic E-state index is 12.6. The number of ether oxygens (including phenoxy) is 2. The third-order valence-corrected chi connectivity index (χ3v) is 5.54. The fourth-order valence-corrected chi connectivity index (χ4v) is 4.05. The van der Waals surface area contributed by atoms with Crippen LogP contribution in [0.3, 0.4) is 0 Å². The lowest BCUT2D eigenvalue weighted by molar-refractivity contribution is -0.127. The molecule has 1 amide bonds. The summed E-state index contributed by atoms with van der Waals surface area (Å²) in [5.74, 6) is 0.661. The predicted molar refractivity (Wildman–Crippen MR) is 73.8 cm³/mol. The summed E-state index contributed by atoms with van der Waals surface area (Å²) in [4.78, 5) is 11.8. The Morgan fingerprint density at radius 3 is 2.62 bits per heavy atom. The maximum atomic E-state index is 12.6. The molecule has 1 atom stereocenters. The van der Waals surface area contributed by atoms with Gasteiger partial charge in [-0.1, -0.05) is 0 Å². The zero-order valence-corrected chi connectivity index (χ0v) is 12.4. The summed E-state index contributed by atoms with van der Waals surface area (Å²) in [5.41, 5.74) is 0. The molecule has 2 heterocycles. The van der Waals surface area contributed by atoms with Crippen molar-refractivity contribution in [2.45, 2.75) is 17.4 Å². The van der Waals surface area contributed by atoms with Crippen LogP contribution in [0.15, 0.2) is 23.1 Å². The van der Waals surface area contributed by atoms with Gasteiger partial charge in [0.15, 0.2) is 11.5 Å². The Balaban J connectivity index is 1.90. The van der Waals surface area contributed by atoms with Crippen molar-refractivity contribution in [3.63, 3.8) is 0 Å². The lowest BCUT2D eigenvalue weighted by Gasteiger charge is -2.38. The smallest absolute Gasteiger partial charge is 0.243 e. The van der Waals surface area contributed by atoms with Crippen LogP contribution >= 0.6 is 0 Å². The lowest BCUT2D eigenvalue weighted by atomic mass is 10.1. The lowest BCUT2D eigenvalue weighted by Crippen LogP contribution is -2.57. The van der Waals surface area contributed by atoms with E-state index in [9.17, 15) is 13.2 Å². The van der Waals surface area contributed by atoms with E-state index in [2.05, 4.69) is 5.32 Å². The van der Waals surface area contributed by atoms with E-state index in [1.807, 2.05) is 0 Å². The van der Waals surface area contributed by atoms with Crippen LogP contribution in [0, 0.1) is 0 Å². The molecule has 1 aromatic carbocycles. The van der Waals surface area contributed by atoms with Crippen molar-refractivity contribution >= 4 is 15.9 Å². The van der Waals surface area contributed by atoms with Gasteiger partial charge < -0.3 is 14.8 Å².